The smallest absolute Gasteiger partial charge is 0.407 e. The molecule has 0 radical (unpaired) electrons. The molecule has 25 heavy (non-hydrogen) atoms. The fraction of sp³-hybridized carbons (Fsp3) is 0.278. The summed E-state index contributed by atoms with van der Waals surface area (Å²) in [7, 11) is -3.30. The molecule has 0 fully saturated rings. The number of hydrogen-bond donors (Lipinski definition) is 1. The van der Waals surface area contributed by atoms with E-state index in [0.29, 0.717) is 24.3 Å². The maximum absolute atomic E-state index is 12.2. The van der Waals surface area contributed by atoms with Gasteiger partial charge in [0.05, 0.1) is 10.6 Å². The zero-order valence-corrected chi connectivity index (χ0v) is 16.1. The Balaban J connectivity index is 1.65. The number of benzene rings is 2. The van der Waals surface area contributed by atoms with Crippen LogP contribution in [0.1, 0.15) is 18.4 Å². The molecule has 0 aliphatic heterocycles. The molecule has 0 unspecified atom stereocenters. The average molecular weight is 426 g/mol. The molecule has 0 heterocycles. The summed E-state index contributed by atoms with van der Waals surface area (Å²) in [6, 6.07) is 16.1. The molecule has 134 valence electrons. The van der Waals surface area contributed by atoms with E-state index in [1.165, 1.54) is 0 Å². The van der Waals surface area contributed by atoms with Crippen LogP contribution in [-0.4, -0.2) is 26.8 Å². The first-order valence-corrected chi connectivity index (χ1v) is 10.3. The number of nitrogens with one attached hydrogen (secondary N) is 1. The normalized spacial score (nSPS) is 11.1. The van der Waals surface area contributed by atoms with Gasteiger partial charge in [-0.2, -0.15) is 0 Å². The van der Waals surface area contributed by atoms with Crippen LogP contribution in [0.15, 0.2) is 64.0 Å². The molecule has 0 spiro atoms. The van der Waals surface area contributed by atoms with Gasteiger partial charge in [0.25, 0.3) is 0 Å². The molecular weight excluding hydrogens is 406 g/mol. The Morgan fingerprint density at radius 1 is 1.04 bits per heavy atom. The van der Waals surface area contributed by atoms with E-state index >= 15 is 0 Å². The van der Waals surface area contributed by atoms with Gasteiger partial charge in [0.15, 0.2) is 9.84 Å². The summed E-state index contributed by atoms with van der Waals surface area (Å²) in [5.41, 5.74) is 0.915. The molecule has 0 atom stereocenters. The number of amides is 1. The molecule has 1 N–H and O–H groups in total. The van der Waals surface area contributed by atoms with Crippen molar-refractivity contribution >= 4 is 31.9 Å². The Bertz CT molecular complexity index is 794. The van der Waals surface area contributed by atoms with Crippen LogP contribution in [0, 0.1) is 0 Å². The maximum atomic E-state index is 12.2. The Kier molecular flexibility index (Phi) is 7.46. The van der Waals surface area contributed by atoms with E-state index in [1.54, 1.807) is 24.3 Å². The summed E-state index contributed by atoms with van der Waals surface area (Å²) >= 11 is 3.27. The minimum absolute atomic E-state index is 0.0458. The third kappa shape index (κ3) is 6.88. The van der Waals surface area contributed by atoms with Crippen molar-refractivity contribution in [3.63, 3.8) is 0 Å². The molecule has 0 bridgehead atoms. The first kappa shape index (κ1) is 19.5. The monoisotopic (exact) mass is 425 g/mol. The van der Waals surface area contributed by atoms with Gasteiger partial charge in [-0.25, -0.2) is 13.2 Å². The van der Waals surface area contributed by atoms with Crippen LogP contribution >= 0.6 is 15.9 Å². The van der Waals surface area contributed by atoms with Crippen LogP contribution in [-0.2, 0) is 21.2 Å². The Morgan fingerprint density at radius 2 is 1.80 bits per heavy atom. The first-order valence-electron chi connectivity index (χ1n) is 7.90. The lowest BCUT2D eigenvalue weighted by atomic mass is 10.2. The van der Waals surface area contributed by atoms with Crippen LogP contribution in [0.2, 0.25) is 0 Å². The van der Waals surface area contributed by atoms with Crippen molar-refractivity contribution in [1.82, 2.24) is 5.32 Å². The zero-order valence-electron chi connectivity index (χ0n) is 13.7. The number of carbonyl (C=O) groups excluding carboxylic acids is 1. The Morgan fingerprint density at radius 3 is 2.52 bits per heavy atom. The lowest BCUT2D eigenvalue weighted by molar-refractivity contribution is 0.139. The molecular formula is C18H20BrNO4S. The maximum Gasteiger partial charge on any atom is 0.407 e. The molecule has 0 aliphatic carbocycles. The van der Waals surface area contributed by atoms with Crippen LogP contribution in [0.3, 0.4) is 0 Å². The zero-order chi connectivity index (χ0) is 18.1. The molecule has 0 aromatic heterocycles. The second-order valence-electron chi connectivity index (χ2n) is 5.47. The van der Waals surface area contributed by atoms with E-state index in [4.69, 9.17) is 4.74 Å². The minimum Gasteiger partial charge on any atom is -0.445 e. The van der Waals surface area contributed by atoms with E-state index in [1.807, 2.05) is 30.3 Å². The van der Waals surface area contributed by atoms with Gasteiger partial charge < -0.3 is 10.1 Å². The van der Waals surface area contributed by atoms with E-state index in [2.05, 4.69) is 21.2 Å². The van der Waals surface area contributed by atoms with Gasteiger partial charge in [-0.1, -0.05) is 52.3 Å². The highest BCUT2D eigenvalue weighted by Gasteiger charge is 2.14. The second kappa shape index (κ2) is 9.58. The van der Waals surface area contributed by atoms with Gasteiger partial charge in [-0.05, 0) is 36.6 Å². The molecule has 2 aromatic carbocycles. The number of halogens is 1. The first-order chi connectivity index (χ1) is 12.0. The van der Waals surface area contributed by atoms with Crippen molar-refractivity contribution in [1.29, 1.82) is 0 Å². The van der Waals surface area contributed by atoms with Crippen molar-refractivity contribution in [2.45, 2.75) is 24.3 Å². The quantitative estimate of drug-likeness (QED) is 0.650. The van der Waals surface area contributed by atoms with Crippen LogP contribution < -0.4 is 5.32 Å². The lowest BCUT2D eigenvalue weighted by Crippen LogP contribution is -2.25. The van der Waals surface area contributed by atoms with Crippen LogP contribution in [0.4, 0.5) is 4.79 Å². The van der Waals surface area contributed by atoms with Crippen molar-refractivity contribution in [3.8, 4) is 0 Å². The predicted octanol–water partition coefficient (Wildman–Crippen LogP) is 3.93. The molecule has 7 heteroatoms. The minimum atomic E-state index is -3.30. The van der Waals surface area contributed by atoms with E-state index in [-0.39, 0.29) is 12.4 Å². The Labute approximate surface area is 156 Å². The van der Waals surface area contributed by atoms with Crippen molar-refractivity contribution < 1.29 is 17.9 Å². The van der Waals surface area contributed by atoms with Crippen molar-refractivity contribution in [2.75, 3.05) is 12.3 Å². The highest BCUT2D eigenvalue weighted by atomic mass is 79.9. The third-order valence-electron chi connectivity index (χ3n) is 3.48. The van der Waals surface area contributed by atoms with Crippen molar-refractivity contribution in [2.24, 2.45) is 0 Å². The molecule has 2 rings (SSSR count). The lowest BCUT2D eigenvalue weighted by Gasteiger charge is -2.08. The van der Waals surface area contributed by atoms with Gasteiger partial charge in [-0.15, -0.1) is 0 Å². The standard InChI is InChI=1S/C18H20BrNO4S/c19-16-9-6-10-17(13-16)25(22,23)12-5-4-11-20-18(21)24-14-15-7-2-1-3-8-15/h1-3,6-10,13H,4-5,11-12,14H2,(H,20,21). The summed E-state index contributed by atoms with van der Waals surface area (Å²) < 4.78 is 30.2. The summed E-state index contributed by atoms with van der Waals surface area (Å²) in [4.78, 5) is 11.9. The highest BCUT2D eigenvalue weighted by molar-refractivity contribution is 9.10. The van der Waals surface area contributed by atoms with Crippen LogP contribution in [0.5, 0.6) is 0 Å². The van der Waals surface area contributed by atoms with Gasteiger partial charge in [-0.3, -0.25) is 0 Å². The van der Waals surface area contributed by atoms with E-state index in [0.717, 1.165) is 10.0 Å². The largest absolute Gasteiger partial charge is 0.445 e. The average Bonchev–Trinajstić information content (AvgIpc) is 2.60. The molecule has 2 aromatic rings. The third-order valence-corrected chi connectivity index (χ3v) is 5.77. The van der Waals surface area contributed by atoms with Gasteiger partial charge in [0.2, 0.25) is 0 Å². The summed E-state index contributed by atoms with van der Waals surface area (Å²) in [6.07, 6.45) is 0.528. The van der Waals surface area contributed by atoms with Gasteiger partial charge >= 0.3 is 6.09 Å². The number of hydrogen-bond acceptors (Lipinski definition) is 4. The number of unbranched alkanes of at least 4 members (excludes halogenated alkanes) is 1. The highest BCUT2D eigenvalue weighted by Crippen LogP contribution is 2.18. The molecule has 0 saturated carbocycles. The van der Waals surface area contributed by atoms with Crippen molar-refractivity contribution in [3.05, 3.63) is 64.6 Å². The fourth-order valence-electron chi connectivity index (χ4n) is 2.16. The summed E-state index contributed by atoms with van der Waals surface area (Å²) in [5.74, 6) is 0.0458. The molecule has 5 nitrogen and oxygen atoms in total. The number of carbonyl (C=O) groups is 1. The fourth-order valence-corrected chi connectivity index (χ4v) is 4.12. The second-order valence-corrected chi connectivity index (χ2v) is 8.50. The SMILES string of the molecule is O=C(NCCCCS(=O)(=O)c1cccc(Br)c1)OCc1ccccc1. The van der Waals surface area contributed by atoms with Crippen LogP contribution in [0.25, 0.3) is 0 Å². The molecule has 1 amide bonds. The number of sulfone groups is 1. The number of alkyl carbamates (subject to hydrolysis) is 1. The van der Waals surface area contributed by atoms with Gasteiger partial charge in [0, 0.05) is 11.0 Å². The number of rotatable bonds is 8. The topological polar surface area (TPSA) is 72.5 Å². The van der Waals surface area contributed by atoms with Gasteiger partial charge in [0.1, 0.15) is 6.61 Å². The number of ether oxygens (including phenoxy) is 1. The molecule has 0 aliphatic rings. The summed E-state index contributed by atoms with van der Waals surface area (Å²) in [6.45, 7) is 0.589. The van der Waals surface area contributed by atoms with E-state index < -0.39 is 15.9 Å². The van der Waals surface area contributed by atoms with E-state index in [9.17, 15) is 13.2 Å². The summed E-state index contributed by atoms with van der Waals surface area (Å²) in [5, 5.41) is 2.62. The molecule has 0 saturated heterocycles. The predicted molar refractivity (Wildman–Crippen MR) is 100 cm³/mol. The Hall–Kier alpha value is -1.86.